The van der Waals surface area contributed by atoms with Crippen LogP contribution in [0.25, 0.3) is 0 Å². The Morgan fingerprint density at radius 3 is 1.64 bits per heavy atom. The van der Waals surface area contributed by atoms with Crippen molar-refractivity contribution in [3.8, 4) is 0 Å². The molecule has 0 aromatic rings. The van der Waals surface area contributed by atoms with Gasteiger partial charge in [0.15, 0.2) is 0 Å². The second kappa shape index (κ2) is 24.2. The van der Waals surface area contributed by atoms with Crippen LogP contribution in [0.4, 0.5) is 0 Å². The molecule has 0 aliphatic rings. The number of likely N-dealkylation sites (N-methyl/N-ethyl adjacent to an activating group) is 2. The number of hydrogen-bond donors (Lipinski definition) is 12. The third kappa shape index (κ3) is 18.1. The van der Waals surface area contributed by atoms with Gasteiger partial charge in [-0.05, 0) is 84.0 Å². The van der Waals surface area contributed by atoms with Crippen molar-refractivity contribution in [3.63, 3.8) is 0 Å². The van der Waals surface area contributed by atoms with Gasteiger partial charge in [0.1, 0.15) is 31.2 Å². The lowest BCUT2D eigenvalue weighted by atomic mass is 9.96. The highest BCUT2D eigenvalue weighted by molar-refractivity contribution is 6.41. The number of hydrazine groups is 1. The maximum absolute atomic E-state index is 13.8. The molecule has 0 saturated heterocycles. The summed E-state index contributed by atoms with van der Waals surface area (Å²) in [5, 5.41) is 14.7. The first kappa shape index (κ1) is 42.0. The number of nitrogens with zero attached hydrogens (tertiary/aromatic N) is 2. The van der Waals surface area contributed by atoms with Crippen molar-refractivity contribution < 1.29 is 19.2 Å². The van der Waals surface area contributed by atoms with Gasteiger partial charge in [0.2, 0.25) is 17.5 Å². The van der Waals surface area contributed by atoms with Crippen molar-refractivity contribution in [2.75, 3.05) is 40.3 Å². The van der Waals surface area contributed by atoms with E-state index in [2.05, 4.69) is 21.3 Å². The molecule has 0 aromatic carbocycles. The van der Waals surface area contributed by atoms with Crippen LogP contribution in [0.2, 0.25) is 0 Å². The quantitative estimate of drug-likeness (QED) is 0.0126. The summed E-state index contributed by atoms with van der Waals surface area (Å²) in [5.41, 5.74) is 44.8. The summed E-state index contributed by atoms with van der Waals surface area (Å²) in [4.78, 5) is 52.0. The molecule has 18 nitrogen and oxygen atoms in total. The molecule has 0 heterocycles. The topological polar surface area (TPSA) is 331 Å². The van der Waals surface area contributed by atoms with Crippen LogP contribution in [0.3, 0.4) is 0 Å². The summed E-state index contributed by atoms with van der Waals surface area (Å²) in [7, 11) is 3.39. The van der Waals surface area contributed by atoms with Crippen molar-refractivity contribution in [3.05, 3.63) is 0 Å². The minimum Gasteiger partial charge on any atom is -0.344 e. The Labute approximate surface area is 261 Å². The van der Waals surface area contributed by atoms with Crippen molar-refractivity contribution >= 4 is 23.8 Å². The van der Waals surface area contributed by atoms with Crippen LogP contribution >= 0.6 is 0 Å². The standard InChI is InChI=1S/C26H60N14O4/c1-39(17(16-41)8-5-13-35-24(29)30)40(2)20(11-7-15-37-26(33)34)23(44)38-19(10-3-4-12-27)22(43)21(42)18(28)9-6-14-36-25(31)32/h16-20,24-26,35-37H,3-15,27-34H2,1-2H3,(H,38,44)/t17?,18-,19-,20-/m0/s1. The molecule has 0 aromatic heterocycles. The molecule has 0 saturated carbocycles. The first-order valence-electron chi connectivity index (χ1n) is 15.2. The van der Waals surface area contributed by atoms with Crippen LogP contribution in [0.15, 0.2) is 0 Å². The van der Waals surface area contributed by atoms with Gasteiger partial charge in [-0.3, -0.25) is 30.3 Å². The lowest BCUT2D eigenvalue weighted by Gasteiger charge is -2.38. The van der Waals surface area contributed by atoms with Crippen LogP contribution in [-0.2, 0) is 19.2 Å². The Hall–Kier alpha value is -2.04. The Morgan fingerprint density at radius 2 is 1.16 bits per heavy atom. The van der Waals surface area contributed by atoms with Gasteiger partial charge in [-0.2, -0.15) is 0 Å². The Balaban J connectivity index is 5.77. The maximum atomic E-state index is 13.8. The average Bonchev–Trinajstić information content (AvgIpc) is 2.96. The van der Waals surface area contributed by atoms with Crippen LogP contribution in [0.1, 0.15) is 57.8 Å². The maximum Gasteiger partial charge on any atom is 0.239 e. The van der Waals surface area contributed by atoms with Gasteiger partial charge in [-0.1, -0.05) is 0 Å². The monoisotopic (exact) mass is 632 g/mol. The van der Waals surface area contributed by atoms with Crippen molar-refractivity contribution in [1.29, 1.82) is 0 Å². The fourth-order valence-corrected chi connectivity index (χ4v) is 4.53. The third-order valence-corrected chi connectivity index (χ3v) is 7.21. The number of Topliss-reactive ketones (excluding diaryl/α,β-unsaturated/α-hetero) is 2. The SMILES string of the molecule is CN(C(C=O)CCCNC(N)N)N(C)[C@@H](CCCNC(N)N)C(=O)N[C@@H](CCCCN)C(=O)C(=O)[C@@H](N)CCCNC(N)N. The molecule has 1 amide bonds. The highest BCUT2D eigenvalue weighted by Gasteiger charge is 2.34. The molecule has 44 heavy (non-hydrogen) atoms. The Morgan fingerprint density at radius 1 is 0.659 bits per heavy atom. The second-order valence-electron chi connectivity index (χ2n) is 10.9. The van der Waals surface area contributed by atoms with Gasteiger partial charge < -0.3 is 56.0 Å². The fraction of sp³-hybridized carbons (Fsp3) is 0.846. The van der Waals surface area contributed by atoms with E-state index in [1.807, 2.05) is 0 Å². The van der Waals surface area contributed by atoms with Crippen molar-refractivity contribution in [2.24, 2.45) is 45.9 Å². The zero-order valence-electron chi connectivity index (χ0n) is 26.5. The number of carbonyl (C=O) groups is 4. The van der Waals surface area contributed by atoms with E-state index in [0.717, 1.165) is 6.29 Å². The van der Waals surface area contributed by atoms with Crippen LogP contribution in [0, 0.1) is 0 Å². The Bertz CT molecular complexity index is 820. The van der Waals surface area contributed by atoms with Crippen LogP contribution in [0.5, 0.6) is 0 Å². The molecule has 0 fully saturated rings. The van der Waals surface area contributed by atoms with E-state index in [1.165, 1.54) is 0 Å². The highest BCUT2D eigenvalue weighted by atomic mass is 16.2. The molecule has 0 spiro atoms. The molecule has 0 radical (unpaired) electrons. The fourth-order valence-electron chi connectivity index (χ4n) is 4.53. The molecule has 0 aliphatic heterocycles. The number of nitrogens with two attached hydrogens (primary N) is 8. The van der Waals surface area contributed by atoms with Gasteiger partial charge in [-0.25, -0.2) is 10.0 Å². The first-order valence-corrected chi connectivity index (χ1v) is 15.2. The van der Waals surface area contributed by atoms with Gasteiger partial charge in [0.05, 0.1) is 18.1 Å². The molecule has 1 unspecified atom stereocenters. The van der Waals surface area contributed by atoms with Crippen molar-refractivity contribution in [1.82, 2.24) is 31.3 Å². The molecule has 20 N–H and O–H groups in total. The summed E-state index contributed by atoms with van der Waals surface area (Å²) in [6.07, 6.45) is 2.67. The number of carbonyl (C=O) groups excluding carboxylic acids is 4. The normalized spacial score (nSPS) is 14.8. The van der Waals surface area contributed by atoms with E-state index in [9.17, 15) is 19.2 Å². The Kier molecular flexibility index (Phi) is 23.1. The third-order valence-electron chi connectivity index (χ3n) is 7.21. The number of rotatable bonds is 28. The zero-order valence-corrected chi connectivity index (χ0v) is 26.5. The van der Waals surface area contributed by atoms with Gasteiger partial charge >= 0.3 is 0 Å². The number of aldehydes is 1. The van der Waals surface area contributed by atoms with E-state index in [-0.39, 0.29) is 12.8 Å². The van der Waals surface area contributed by atoms with E-state index in [4.69, 9.17) is 45.9 Å². The van der Waals surface area contributed by atoms with E-state index >= 15 is 0 Å². The van der Waals surface area contributed by atoms with Crippen LogP contribution < -0.4 is 67.1 Å². The predicted molar refractivity (Wildman–Crippen MR) is 170 cm³/mol. The average molecular weight is 633 g/mol. The number of nitrogens with one attached hydrogen (secondary N) is 4. The first-order chi connectivity index (χ1) is 20.8. The lowest BCUT2D eigenvalue weighted by Crippen LogP contribution is -2.58. The summed E-state index contributed by atoms with van der Waals surface area (Å²) in [5.74, 6) is -2.02. The molecule has 258 valence electrons. The molecule has 0 bridgehead atoms. The van der Waals surface area contributed by atoms with Crippen molar-refractivity contribution in [2.45, 2.75) is 101 Å². The summed E-state index contributed by atoms with van der Waals surface area (Å²) >= 11 is 0. The smallest absolute Gasteiger partial charge is 0.239 e. The molecule has 0 aliphatic carbocycles. The van der Waals surface area contributed by atoms with E-state index in [1.54, 1.807) is 24.1 Å². The van der Waals surface area contributed by atoms with E-state index in [0.29, 0.717) is 71.1 Å². The lowest BCUT2D eigenvalue weighted by molar-refractivity contribution is -0.144. The summed E-state index contributed by atoms with van der Waals surface area (Å²) < 4.78 is 0. The largest absolute Gasteiger partial charge is 0.344 e. The molecule has 0 rings (SSSR count). The number of hydrogen-bond acceptors (Lipinski definition) is 17. The van der Waals surface area contributed by atoms with Gasteiger partial charge in [0, 0.05) is 14.1 Å². The minimum atomic E-state index is -1.09. The minimum absolute atomic E-state index is 0.215. The van der Waals surface area contributed by atoms with Gasteiger partial charge in [-0.15, -0.1) is 0 Å². The molecular weight excluding hydrogens is 572 g/mol. The number of amides is 1. The molecule has 4 atom stereocenters. The predicted octanol–water partition coefficient (Wildman–Crippen LogP) is -5.51. The number of unbranched alkanes of at least 4 members (excludes halogenated alkanes) is 1. The van der Waals surface area contributed by atoms with Crippen LogP contribution in [-0.4, -0.2) is 117 Å². The second-order valence-corrected chi connectivity index (χ2v) is 10.9. The molecular formula is C26H60N14O4. The summed E-state index contributed by atoms with van der Waals surface area (Å²) in [6, 6.07) is -3.48. The van der Waals surface area contributed by atoms with E-state index < -0.39 is 60.5 Å². The molecule has 18 heteroatoms. The van der Waals surface area contributed by atoms with Gasteiger partial charge in [0.25, 0.3) is 0 Å². The zero-order chi connectivity index (χ0) is 33.7. The highest BCUT2D eigenvalue weighted by Crippen LogP contribution is 2.14. The summed E-state index contributed by atoms with van der Waals surface area (Å²) in [6.45, 7) is 1.75. The number of ketones is 2.